The summed E-state index contributed by atoms with van der Waals surface area (Å²) < 4.78 is 0. The summed E-state index contributed by atoms with van der Waals surface area (Å²) in [7, 11) is 0. The number of primary amides is 1. The van der Waals surface area contributed by atoms with Gasteiger partial charge >= 0.3 is 5.97 Å². The molecule has 1 aliphatic carbocycles. The highest BCUT2D eigenvalue weighted by Crippen LogP contribution is 2.37. The van der Waals surface area contributed by atoms with E-state index in [0.717, 1.165) is 19.3 Å². The number of rotatable bonds is 3. The maximum absolute atomic E-state index is 12.0. The summed E-state index contributed by atoms with van der Waals surface area (Å²) in [5.41, 5.74) is 4.09. The molecule has 1 unspecified atom stereocenters. The average Bonchev–Trinajstić information content (AvgIpc) is 2.72. The molecule has 6 nitrogen and oxygen atoms in total. The Morgan fingerprint density at radius 1 is 1.28 bits per heavy atom. The van der Waals surface area contributed by atoms with Crippen molar-refractivity contribution < 1.29 is 19.5 Å². The van der Waals surface area contributed by atoms with Gasteiger partial charge in [-0.15, -0.1) is 0 Å². The van der Waals surface area contributed by atoms with E-state index in [0.29, 0.717) is 12.8 Å². The average molecular weight is 254 g/mol. The van der Waals surface area contributed by atoms with Crippen molar-refractivity contribution in [1.82, 2.24) is 4.90 Å². The third-order valence-electron chi connectivity index (χ3n) is 4.12. The lowest BCUT2D eigenvalue weighted by atomic mass is 9.80. The Hall–Kier alpha value is -1.59. The van der Waals surface area contributed by atoms with E-state index in [9.17, 15) is 19.5 Å². The number of nitrogens with zero attached hydrogens (tertiary/aromatic N) is 1. The number of carboxylic acids is 1. The van der Waals surface area contributed by atoms with Gasteiger partial charge in [-0.2, -0.15) is 0 Å². The minimum atomic E-state index is -1.11. The first-order valence-corrected chi connectivity index (χ1v) is 6.30. The second-order valence-corrected chi connectivity index (χ2v) is 5.21. The van der Waals surface area contributed by atoms with Gasteiger partial charge in [0.2, 0.25) is 11.8 Å². The number of nitrogens with two attached hydrogens (primary N) is 1. The standard InChI is InChI=1S/C12H18N2O4/c13-10(16)8-6-9(15)14(7-8)12(11(17)18)4-2-1-3-5-12/h8H,1-7H2,(H2,13,16)(H,17,18). The molecule has 1 heterocycles. The van der Waals surface area contributed by atoms with Crippen molar-refractivity contribution in [2.24, 2.45) is 11.7 Å². The predicted octanol–water partition coefficient (Wildman–Crippen LogP) is 0.108. The second kappa shape index (κ2) is 4.59. The molecule has 100 valence electrons. The van der Waals surface area contributed by atoms with Crippen LogP contribution in [0.25, 0.3) is 0 Å². The fraction of sp³-hybridized carbons (Fsp3) is 0.750. The molecule has 0 radical (unpaired) electrons. The number of hydrogen-bond acceptors (Lipinski definition) is 3. The molecular formula is C12H18N2O4. The van der Waals surface area contributed by atoms with E-state index in [1.54, 1.807) is 0 Å². The number of carboxylic acid groups (broad SMARTS) is 1. The van der Waals surface area contributed by atoms with Gasteiger partial charge in [0.1, 0.15) is 5.54 Å². The summed E-state index contributed by atoms with van der Waals surface area (Å²) in [5, 5.41) is 9.48. The van der Waals surface area contributed by atoms with Gasteiger partial charge in [0, 0.05) is 13.0 Å². The molecule has 1 saturated carbocycles. The van der Waals surface area contributed by atoms with Crippen LogP contribution in [-0.2, 0) is 14.4 Å². The molecule has 0 aromatic rings. The molecule has 2 amide bonds. The monoisotopic (exact) mass is 254 g/mol. The molecule has 0 aromatic carbocycles. The zero-order valence-electron chi connectivity index (χ0n) is 10.2. The van der Waals surface area contributed by atoms with E-state index < -0.39 is 23.3 Å². The first-order chi connectivity index (χ1) is 8.47. The lowest BCUT2D eigenvalue weighted by Gasteiger charge is -2.41. The van der Waals surface area contributed by atoms with Gasteiger partial charge in [-0.1, -0.05) is 19.3 Å². The molecule has 1 saturated heterocycles. The van der Waals surface area contributed by atoms with Crippen molar-refractivity contribution >= 4 is 17.8 Å². The van der Waals surface area contributed by atoms with Crippen LogP contribution in [0.3, 0.4) is 0 Å². The van der Waals surface area contributed by atoms with Gasteiger partial charge in [-0.3, -0.25) is 9.59 Å². The Kier molecular flexibility index (Phi) is 3.28. The van der Waals surface area contributed by atoms with E-state index in [-0.39, 0.29) is 18.9 Å². The van der Waals surface area contributed by atoms with Crippen LogP contribution in [0.1, 0.15) is 38.5 Å². The zero-order chi connectivity index (χ0) is 13.3. The molecular weight excluding hydrogens is 236 g/mol. The van der Waals surface area contributed by atoms with Gasteiger partial charge in [-0.25, -0.2) is 4.79 Å². The van der Waals surface area contributed by atoms with Crippen molar-refractivity contribution in [3.05, 3.63) is 0 Å². The van der Waals surface area contributed by atoms with Crippen molar-refractivity contribution in [2.75, 3.05) is 6.54 Å². The van der Waals surface area contributed by atoms with E-state index in [4.69, 9.17) is 5.73 Å². The number of aliphatic carboxylic acids is 1. The van der Waals surface area contributed by atoms with Crippen LogP contribution in [0.5, 0.6) is 0 Å². The van der Waals surface area contributed by atoms with Crippen molar-refractivity contribution in [1.29, 1.82) is 0 Å². The molecule has 2 aliphatic rings. The third-order valence-corrected chi connectivity index (χ3v) is 4.12. The first-order valence-electron chi connectivity index (χ1n) is 6.30. The van der Waals surface area contributed by atoms with Gasteiger partial charge in [0.05, 0.1) is 5.92 Å². The van der Waals surface area contributed by atoms with E-state index in [1.165, 1.54) is 4.90 Å². The molecule has 1 atom stereocenters. The maximum atomic E-state index is 12.0. The Morgan fingerprint density at radius 3 is 2.33 bits per heavy atom. The van der Waals surface area contributed by atoms with E-state index in [1.807, 2.05) is 0 Å². The quantitative estimate of drug-likeness (QED) is 0.746. The summed E-state index contributed by atoms with van der Waals surface area (Å²) in [5.74, 6) is -2.29. The highest BCUT2D eigenvalue weighted by Gasteiger charge is 2.51. The number of amides is 2. The topological polar surface area (TPSA) is 101 Å². The minimum absolute atomic E-state index is 0.0460. The number of carbonyl (C=O) groups excluding carboxylic acids is 2. The maximum Gasteiger partial charge on any atom is 0.329 e. The van der Waals surface area contributed by atoms with Gasteiger partial charge in [-0.05, 0) is 12.8 Å². The molecule has 2 fully saturated rings. The largest absolute Gasteiger partial charge is 0.479 e. The van der Waals surface area contributed by atoms with Crippen molar-refractivity contribution in [3.8, 4) is 0 Å². The Morgan fingerprint density at radius 2 is 1.89 bits per heavy atom. The number of hydrogen-bond donors (Lipinski definition) is 2. The molecule has 18 heavy (non-hydrogen) atoms. The Balaban J connectivity index is 2.24. The Labute approximate surface area is 105 Å². The molecule has 2 rings (SSSR count). The molecule has 1 aliphatic heterocycles. The van der Waals surface area contributed by atoms with Gasteiger partial charge in [0.15, 0.2) is 0 Å². The summed E-state index contributed by atoms with van der Waals surface area (Å²) >= 11 is 0. The second-order valence-electron chi connectivity index (χ2n) is 5.21. The highest BCUT2D eigenvalue weighted by atomic mass is 16.4. The van der Waals surface area contributed by atoms with Crippen LogP contribution in [0.4, 0.5) is 0 Å². The summed E-state index contributed by atoms with van der Waals surface area (Å²) in [6.07, 6.45) is 3.59. The van der Waals surface area contributed by atoms with Crippen LogP contribution in [0.2, 0.25) is 0 Å². The van der Waals surface area contributed by atoms with Gasteiger partial charge < -0.3 is 15.7 Å². The van der Waals surface area contributed by atoms with Crippen LogP contribution in [0.15, 0.2) is 0 Å². The van der Waals surface area contributed by atoms with E-state index in [2.05, 4.69) is 0 Å². The van der Waals surface area contributed by atoms with Gasteiger partial charge in [0.25, 0.3) is 0 Å². The Bertz CT molecular complexity index is 388. The van der Waals surface area contributed by atoms with Crippen LogP contribution in [-0.4, -0.2) is 39.9 Å². The van der Waals surface area contributed by atoms with E-state index >= 15 is 0 Å². The normalized spacial score (nSPS) is 27.2. The number of carbonyl (C=O) groups is 3. The van der Waals surface area contributed by atoms with Crippen LogP contribution in [0, 0.1) is 5.92 Å². The predicted molar refractivity (Wildman–Crippen MR) is 62.5 cm³/mol. The SMILES string of the molecule is NC(=O)C1CC(=O)N(C2(C(=O)O)CCCCC2)C1. The number of likely N-dealkylation sites (tertiary alicyclic amines) is 1. The lowest BCUT2D eigenvalue weighted by molar-refractivity contribution is -0.159. The summed E-state index contributed by atoms with van der Waals surface area (Å²) in [6, 6.07) is 0. The smallest absolute Gasteiger partial charge is 0.329 e. The molecule has 0 bridgehead atoms. The minimum Gasteiger partial charge on any atom is -0.479 e. The molecule has 6 heteroatoms. The van der Waals surface area contributed by atoms with Crippen molar-refractivity contribution in [3.63, 3.8) is 0 Å². The third kappa shape index (κ3) is 1.95. The zero-order valence-corrected chi connectivity index (χ0v) is 10.2. The van der Waals surface area contributed by atoms with Crippen LogP contribution < -0.4 is 5.73 Å². The fourth-order valence-corrected chi connectivity index (χ4v) is 3.05. The first kappa shape index (κ1) is 12.9. The highest BCUT2D eigenvalue weighted by molar-refractivity contribution is 5.92. The molecule has 0 aromatic heterocycles. The fourth-order valence-electron chi connectivity index (χ4n) is 3.05. The summed E-state index contributed by atoms with van der Waals surface area (Å²) in [4.78, 5) is 36.1. The van der Waals surface area contributed by atoms with Crippen LogP contribution >= 0.6 is 0 Å². The molecule has 0 spiro atoms. The summed E-state index contributed by atoms with van der Waals surface area (Å²) in [6.45, 7) is 0.153. The lowest BCUT2D eigenvalue weighted by Crippen LogP contribution is -2.56. The molecule has 3 N–H and O–H groups in total. The van der Waals surface area contributed by atoms with Crippen molar-refractivity contribution in [2.45, 2.75) is 44.1 Å².